The summed E-state index contributed by atoms with van der Waals surface area (Å²) < 4.78 is 27.6. The van der Waals surface area contributed by atoms with Gasteiger partial charge in [-0.2, -0.15) is 0 Å². The highest BCUT2D eigenvalue weighted by atomic mass is 19.1. The Morgan fingerprint density at radius 1 is 1.25 bits per heavy atom. The third-order valence-electron chi connectivity index (χ3n) is 9.07. The molecule has 8 nitrogen and oxygen atoms in total. The molecule has 1 fully saturated rings. The Balaban J connectivity index is 1.36. The maximum Gasteiger partial charge on any atom is 0.315 e. The predicted molar refractivity (Wildman–Crippen MR) is 150 cm³/mol. The molecule has 0 N–H and O–H groups in total. The van der Waals surface area contributed by atoms with Crippen molar-refractivity contribution in [2.75, 3.05) is 26.4 Å². The van der Waals surface area contributed by atoms with E-state index >= 15 is 0 Å². The van der Waals surface area contributed by atoms with Gasteiger partial charge < -0.3 is 9.26 Å². The third-order valence-corrected chi connectivity index (χ3v) is 9.07. The highest BCUT2D eigenvalue weighted by molar-refractivity contribution is 5.80. The van der Waals surface area contributed by atoms with Crippen LogP contribution in [0.2, 0.25) is 0 Å². The number of carbonyl (C=O) groups is 1. The molecule has 0 atom stereocenters. The van der Waals surface area contributed by atoms with Crippen LogP contribution in [-0.4, -0.2) is 51.5 Å². The van der Waals surface area contributed by atoms with E-state index in [9.17, 15) is 14.0 Å². The lowest BCUT2D eigenvalue weighted by Crippen LogP contribution is -2.56. The Labute approximate surface area is 235 Å². The lowest BCUT2D eigenvalue weighted by molar-refractivity contribution is -0.948. The molecule has 2 aliphatic rings. The number of piperidine rings is 1. The molecule has 2 aromatic heterocycles. The summed E-state index contributed by atoms with van der Waals surface area (Å²) in [6, 6.07) is 4.56. The summed E-state index contributed by atoms with van der Waals surface area (Å²) in [5.41, 5.74) is 2.45. The molecule has 40 heavy (non-hydrogen) atoms. The number of aromatic nitrogens is 3. The summed E-state index contributed by atoms with van der Waals surface area (Å²) in [4.78, 5) is 31.3. The second-order valence-corrected chi connectivity index (χ2v) is 12.4. The summed E-state index contributed by atoms with van der Waals surface area (Å²) in [5, 5.41) is 5.16. The molecule has 1 aromatic carbocycles. The summed E-state index contributed by atoms with van der Waals surface area (Å²) in [6.07, 6.45) is 6.85. The average molecular weight is 554 g/mol. The number of rotatable bonds is 9. The molecule has 216 valence electrons. The van der Waals surface area contributed by atoms with Crippen molar-refractivity contribution in [3.05, 3.63) is 57.1 Å². The fourth-order valence-electron chi connectivity index (χ4n) is 6.52. The first-order chi connectivity index (χ1) is 19.1. The van der Waals surface area contributed by atoms with E-state index in [1.165, 1.54) is 12.1 Å². The van der Waals surface area contributed by atoms with Gasteiger partial charge in [-0.25, -0.2) is 9.37 Å². The van der Waals surface area contributed by atoms with Crippen LogP contribution in [-0.2, 0) is 28.9 Å². The Bertz CT molecular complexity index is 1440. The van der Waals surface area contributed by atoms with Gasteiger partial charge in [0.05, 0.1) is 30.7 Å². The number of aryl methyl sites for hydroxylation is 2. The summed E-state index contributed by atoms with van der Waals surface area (Å²) >= 11 is 0. The van der Waals surface area contributed by atoms with Crippen LogP contribution >= 0.6 is 0 Å². The Morgan fingerprint density at radius 3 is 2.77 bits per heavy atom. The van der Waals surface area contributed by atoms with Crippen LogP contribution in [0.25, 0.3) is 11.0 Å². The van der Waals surface area contributed by atoms with Gasteiger partial charge in [-0.15, -0.1) is 0 Å². The fourth-order valence-corrected chi connectivity index (χ4v) is 6.52. The van der Waals surface area contributed by atoms with E-state index in [1.54, 1.807) is 6.07 Å². The molecule has 0 aliphatic carbocycles. The fraction of sp³-hybridized carbons (Fsp3) is 0.613. The Kier molecular flexibility index (Phi) is 8.13. The van der Waals surface area contributed by atoms with Gasteiger partial charge in [-0.1, -0.05) is 18.5 Å². The van der Waals surface area contributed by atoms with Crippen molar-refractivity contribution >= 4 is 16.9 Å². The molecule has 0 saturated carbocycles. The Hall–Kier alpha value is -3.07. The van der Waals surface area contributed by atoms with Crippen molar-refractivity contribution < 1.29 is 22.9 Å². The zero-order valence-corrected chi connectivity index (χ0v) is 24.3. The molecule has 0 spiro atoms. The number of nitrogens with zero attached hydrogens (tertiary/aromatic N) is 4. The van der Waals surface area contributed by atoms with E-state index in [-0.39, 0.29) is 30.0 Å². The van der Waals surface area contributed by atoms with Gasteiger partial charge in [0.1, 0.15) is 11.6 Å². The summed E-state index contributed by atoms with van der Waals surface area (Å²) in [6.45, 7) is 11.2. The predicted octanol–water partition coefficient (Wildman–Crippen LogP) is 5.43. The molecule has 4 heterocycles. The van der Waals surface area contributed by atoms with Gasteiger partial charge in [0.25, 0.3) is 5.56 Å². The van der Waals surface area contributed by atoms with Gasteiger partial charge in [0.15, 0.2) is 5.58 Å². The molecule has 0 amide bonds. The maximum absolute atomic E-state index is 13.7. The van der Waals surface area contributed by atoms with Crippen LogP contribution in [0.1, 0.15) is 88.0 Å². The number of fused-ring (bicyclic) bond motifs is 2. The number of hydrogen-bond donors (Lipinski definition) is 0. The lowest BCUT2D eigenvalue weighted by atomic mass is 9.88. The largest absolute Gasteiger partial charge is 0.415 e. The number of carbonyl (C=O) groups excluding carboxylic acids is 1. The second-order valence-electron chi connectivity index (χ2n) is 12.4. The van der Waals surface area contributed by atoms with Crippen molar-refractivity contribution in [1.82, 2.24) is 14.7 Å². The molecule has 0 radical (unpaired) electrons. The van der Waals surface area contributed by atoms with Crippen molar-refractivity contribution in [2.45, 2.75) is 91.5 Å². The van der Waals surface area contributed by atoms with Gasteiger partial charge in [0, 0.05) is 60.9 Å². The van der Waals surface area contributed by atoms with E-state index in [4.69, 9.17) is 14.2 Å². The highest BCUT2D eigenvalue weighted by Gasteiger charge is 2.39. The van der Waals surface area contributed by atoms with E-state index in [0.717, 1.165) is 92.7 Å². The molecule has 3 aromatic rings. The van der Waals surface area contributed by atoms with Gasteiger partial charge in [0.2, 0.25) is 6.73 Å². The van der Waals surface area contributed by atoms with Gasteiger partial charge in [-0.3, -0.25) is 18.6 Å². The van der Waals surface area contributed by atoms with Crippen molar-refractivity contribution in [2.24, 2.45) is 5.41 Å². The number of hydrogen-bond acceptors (Lipinski definition) is 6. The first-order valence-electron chi connectivity index (χ1n) is 14.8. The van der Waals surface area contributed by atoms with Crippen LogP contribution in [0.5, 0.6) is 0 Å². The number of halogens is 1. The number of benzene rings is 1. The second kappa shape index (κ2) is 11.4. The first kappa shape index (κ1) is 28.5. The smallest absolute Gasteiger partial charge is 0.315 e. The SMILES string of the molecule is CCCC(C)(C)C(=O)OC[N+]1(CCc2c(C)nc3n(c2=O)CCCC3)CCC(c2noc3cc(F)ccc23)CC1. The van der Waals surface area contributed by atoms with Crippen LogP contribution in [0, 0.1) is 18.2 Å². The zero-order chi connectivity index (χ0) is 28.5. The molecule has 1 saturated heterocycles. The Morgan fingerprint density at radius 2 is 2.02 bits per heavy atom. The van der Waals surface area contributed by atoms with E-state index in [0.29, 0.717) is 23.0 Å². The normalized spacial score (nSPS) is 21.4. The average Bonchev–Trinajstić information content (AvgIpc) is 3.35. The van der Waals surface area contributed by atoms with Gasteiger partial charge >= 0.3 is 5.97 Å². The minimum atomic E-state index is -0.538. The number of likely N-dealkylation sites (tertiary alicyclic amines) is 1. The third kappa shape index (κ3) is 5.71. The highest BCUT2D eigenvalue weighted by Crippen LogP contribution is 2.36. The number of quaternary nitrogens is 1. The summed E-state index contributed by atoms with van der Waals surface area (Å²) in [7, 11) is 0. The van der Waals surface area contributed by atoms with E-state index in [2.05, 4.69) is 12.1 Å². The van der Waals surface area contributed by atoms with Crippen LogP contribution in [0.4, 0.5) is 4.39 Å². The number of esters is 1. The molecule has 0 unspecified atom stereocenters. The topological polar surface area (TPSA) is 87.2 Å². The van der Waals surface area contributed by atoms with Crippen molar-refractivity contribution in [1.29, 1.82) is 0 Å². The van der Waals surface area contributed by atoms with Gasteiger partial charge in [-0.05, 0) is 52.2 Å². The standard InChI is InChI=1S/C31H42FN4O4/c1-5-14-31(3,4)30(38)39-20-36(18-13-24-21(2)33-27-8-6-7-15-35(27)29(24)37)16-11-22(12-17-36)28-25-10-9-23(32)19-26(25)40-34-28/h9-10,19,22H,5-8,11-18,20H2,1-4H3/q+1. The quantitative estimate of drug-likeness (QED) is 0.259. The molecule has 0 bridgehead atoms. The van der Waals surface area contributed by atoms with E-state index in [1.807, 2.05) is 25.3 Å². The molecule has 5 rings (SSSR count). The summed E-state index contributed by atoms with van der Waals surface area (Å²) in [5.74, 6) is 0.549. The molecule has 2 aliphatic heterocycles. The number of ether oxygens (including phenoxy) is 1. The minimum Gasteiger partial charge on any atom is -0.415 e. The first-order valence-corrected chi connectivity index (χ1v) is 14.8. The van der Waals surface area contributed by atoms with Crippen LogP contribution in [0.3, 0.4) is 0 Å². The molecular weight excluding hydrogens is 511 g/mol. The van der Waals surface area contributed by atoms with Crippen molar-refractivity contribution in [3.8, 4) is 0 Å². The lowest BCUT2D eigenvalue weighted by Gasteiger charge is -2.43. The maximum atomic E-state index is 13.7. The van der Waals surface area contributed by atoms with Crippen LogP contribution in [0.15, 0.2) is 27.5 Å². The van der Waals surface area contributed by atoms with Crippen LogP contribution < -0.4 is 5.56 Å². The monoisotopic (exact) mass is 553 g/mol. The minimum absolute atomic E-state index is 0.0811. The molecule has 9 heteroatoms. The molecular formula is C31H42FN4O4+. The van der Waals surface area contributed by atoms with E-state index < -0.39 is 5.41 Å². The van der Waals surface area contributed by atoms with Crippen molar-refractivity contribution in [3.63, 3.8) is 0 Å². The zero-order valence-electron chi connectivity index (χ0n) is 24.3.